The Bertz CT molecular complexity index is 881. The lowest BCUT2D eigenvalue weighted by Crippen LogP contribution is -2.14. The number of aryl methyl sites for hydroxylation is 1. The van der Waals surface area contributed by atoms with Gasteiger partial charge in [-0.15, -0.1) is 0 Å². The molecular formula is C19H16BrN3O2. The van der Waals surface area contributed by atoms with Gasteiger partial charge in [-0.1, -0.05) is 15.9 Å². The molecule has 0 unspecified atom stereocenters. The Morgan fingerprint density at radius 1 is 1.16 bits per heavy atom. The molecule has 0 radical (unpaired) electrons. The number of hydrogen-bond acceptors (Lipinski definition) is 4. The SMILES string of the molecule is CC(=O)c1ccc(NC(=O)/C(C#N)=C\Nc2ccc(Br)cc2C)cc1. The van der Waals surface area contributed by atoms with Crippen LogP contribution in [0, 0.1) is 18.3 Å². The maximum Gasteiger partial charge on any atom is 0.267 e. The van der Waals surface area contributed by atoms with Crippen LogP contribution in [0.5, 0.6) is 0 Å². The van der Waals surface area contributed by atoms with Crippen molar-refractivity contribution in [2.45, 2.75) is 13.8 Å². The summed E-state index contributed by atoms with van der Waals surface area (Å²) < 4.78 is 0.951. The molecule has 2 N–H and O–H groups in total. The quantitative estimate of drug-likeness (QED) is 0.444. The van der Waals surface area contributed by atoms with Crippen molar-refractivity contribution >= 4 is 39.0 Å². The minimum Gasteiger partial charge on any atom is -0.360 e. The van der Waals surface area contributed by atoms with Gasteiger partial charge in [0.1, 0.15) is 11.6 Å². The van der Waals surface area contributed by atoms with Crippen molar-refractivity contribution in [2.75, 3.05) is 10.6 Å². The Kier molecular flexibility index (Phi) is 6.09. The first-order chi connectivity index (χ1) is 11.9. The molecule has 0 aliphatic carbocycles. The number of ketones is 1. The molecule has 0 aliphatic heterocycles. The highest BCUT2D eigenvalue weighted by molar-refractivity contribution is 9.10. The molecule has 0 saturated carbocycles. The molecule has 0 atom stereocenters. The molecule has 1 amide bonds. The van der Waals surface area contributed by atoms with Gasteiger partial charge in [0.2, 0.25) is 0 Å². The fourth-order valence-corrected chi connectivity index (χ4v) is 2.55. The van der Waals surface area contributed by atoms with E-state index in [4.69, 9.17) is 0 Å². The van der Waals surface area contributed by atoms with E-state index in [-0.39, 0.29) is 11.4 Å². The topological polar surface area (TPSA) is 82.0 Å². The first kappa shape index (κ1) is 18.4. The summed E-state index contributed by atoms with van der Waals surface area (Å²) in [6.45, 7) is 3.39. The van der Waals surface area contributed by atoms with Crippen molar-refractivity contribution in [3.63, 3.8) is 0 Å². The summed E-state index contributed by atoms with van der Waals surface area (Å²) >= 11 is 3.38. The normalized spacial score (nSPS) is 10.7. The minimum atomic E-state index is -0.527. The number of carbonyl (C=O) groups excluding carboxylic acids is 2. The van der Waals surface area contributed by atoms with Crippen LogP contribution >= 0.6 is 15.9 Å². The first-order valence-corrected chi connectivity index (χ1v) is 8.25. The molecule has 2 aromatic carbocycles. The van der Waals surface area contributed by atoms with Gasteiger partial charge in [-0.05, 0) is 61.9 Å². The van der Waals surface area contributed by atoms with Crippen LogP contribution in [0.25, 0.3) is 0 Å². The number of halogens is 1. The van der Waals surface area contributed by atoms with Crippen molar-refractivity contribution in [1.29, 1.82) is 5.26 Å². The molecule has 2 aromatic rings. The van der Waals surface area contributed by atoms with E-state index >= 15 is 0 Å². The molecule has 0 spiro atoms. The number of Topliss-reactive ketones (excluding diaryl/α,β-unsaturated/α-hetero) is 1. The molecule has 5 nitrogen and oxygen atoms in total. The van der Waals surface area contributed by atoms with Crippen LogP contribution in [-0.2, 0) is 4.79 Å². The number of benzene rings is 2. The van der Waals surface area contributed by atoms with E-state index in [1.165, 1.54) is 13.1 Å². The van der Waals surface area contributed by atoms with Gasteiger partial charge in [0.05, 0.1) is 0 Å². The van der Waals surface area contributed by atoms with Crippen LogP contribution in [-0.4, -0.2) is 11.7 Å². The van der Waals surface area contributed by atoms with Crippen LogP contribution in [0.4, 0.5) is 11.4 Å². The molecule has 0 bridgehead atoms. The third-order valence-corrected chi connectivity index (χ3v) is 3.97. The Hall–Kier alpha value is -2.91. The van der Waals surface area contributed by atoms with Gasteiger partial charge >= 0.3 is 0 Å². The highest BCUT2D eigenvalue weighted by Gasteiger charge is 2.10. The number of nitriles is 1. The van der Waals surface area contributed by atoms with Crippen LogP contribution < -0.4 is 10.6 Å². The zero-order valence-electron chi connectivity index (χ0n) is 13.8. The average molecular weight is 398 g/mol. The summed E-state index contributed by atoms with van der Waals surface area (Å²) in [7, 11) is 0. The van der Waals surface area contributed by atoms with Crippen LogP contribution in [0.1, 0.15) is 22.8 Å². The summed E-state index contributed by atoms with van der Waals surface area (Å²) in [5.74, 6) is -0.579. The monoisotopic (exact) mass is 397 g/mol. The number of nitrogens with zero attached hydrogens (tertiary/aromatic N) is 1. The second-order valence-electron chi connectivity index (χ2n) is 5.36. The number of carbonyl (C=O) groups is 2. The summed E-state index contributed by atoms with van der Waals surface area (Å²) in [6.07, 6.45) is 1.37. The van der Waals surface area contributed by atoms with Crippen molar-refractivity contribution in [3.05, 3.63) is 69.8 Å². The standard InChI is InChI=1S/C19H16BrN3O2/c1-12-9-16(20)5-8-18(12)22-11-15(10-21)19(25)23-17-6-3-14(4-7-17)13(2)24/h3-9,11,22H,1-2H3,(H,23,25)/b15-11-. The number of hydrogen-bond donors (Lipinski definition) is 2. The van der Waals surface area contributed by atoms with Crippen molar-refractivity contribution in [2.24, 2.45) is 0 Å². The maximum atomic E-state index is 12.2. The van der Waals surface area contributed by atoms with Crippen molar-refractivity contribution in [1.82, 2.24) is 0 Å². The minimum absolute atomic E-state index is 0.0513. The highest BCUT2D eigenvalue weighted by atomic mass is 79.9. The highest BCUT2D eigenvalue weighted by Crippen LogP contribution is 2.20. The van der Waals surface area contributed by atoms with Gasteiger partial charge in [-0.3, -0.25) is 9.59 Å². The molecule has 2 rings (SSSR count). The fourth-order valence-electron chi connectivity index (χ4n) is 2.07. The second-order valence-corrected chi connectivity index (χ2v) is 6.28. The van der Waals surface area contributed by atoms with E-state index in [1.54, 1.807) is 24.3 Å². The van der Waals surface area contributed by atoms with E-state index in [9.17, 15) is 14.9 Å². The molecule has 0 heterocycles. The maximum absolute atomic E-state index is 12.2. The average Bonchev–Trinajstić information content (AvgIpc) is 2.57. The molecule has 0 saturated heterocycles. The second kappa shape index (κ2) is 8.27. The number of nitrogens with one attached hydrogen (secondary N) is 2. The summed E-state index contributed by atoms with van der Waals surface area (Å²) in [4.78, 5) is 23.5. The number of anilines is 2. The number of rotatable bonds is 5. The van der Waals surface area contributed by atoms with Gasteiger partial charge in [-0.25, -0.2) is 0 Å². The Labute approximate surface area is 154 Å². The Morgan fingerprint density at radius 2 is 1.84 bits per heavy atom. The van der Waals surface area contributed by atoms with E-state index in [2.05, 4.69) is 26.6 Å². The Morgan fingerprint density at radius 3 is 2.40 bits per heavy atom. The zero-order valence-corrected chi connectivity index (χ0v) is 15.3. The predicted molar refractivity (Wildman–Crippen MR) is 101 cm³/mol. The summed E-state index contributed by atoms with van der Waals surface area (Å²) in [5.41, 5.74) is 2.79. The van der Waals surface area contributed by atoms with Gasteiger partial charge < -0.3 is 10.6 Å². The molecule has 25 heavy (non-hydrogen) atoms. The number of amides is 1. The van der Waals surface area contributed by atoms with Gasteiger partial charge in [0.25, 0.3) is 5.91 Å². The largest absolute Gasteiger partial charge is 0.360 e. The molecule has 126 valence electrons. The lowest BCUT2D eigenvalue weighted by atomic mass is 10.1. The summed E-state index contributed by atoms with van der Waals surface area (Å²) in [6, 6.07) is 14.0. The molecular weight excluding hydrogens is 382 g/mol. The Balaban J connectivity index is 2.09. The van der Waals surface area contributed by atoms with E-state index in [1.807, 2.05) is 31.2 Å². The van der Waals surface area contributed by atoms with Gasteiger partial charge in [0, 0.05) is 27.6 Å². The van der Waals surface area contributed by atoms with Gasteiger partial charge in [0.15, 0.2) is 5.78 Å². The predicted octanol–water partition coefficient (Wildman–Crippen LogP) is 4.42. The van der Waals surface area contributed by atoms with Gasteiger partial charge in [-0.2, -0.15) is 5.26 Å². The van der Waals surface area contributed by atoms with Crippen LogP contribution in [0.15, 0.2) is 58.7 Å². The van der Waals surface area contributed by atoms with E-state index < -0.39 is 5.91 Å². The zero-order chi connectivity index (χ0) is 18.4. The van der Waals surface area contributed by atoms with Crippen molar-refractivity contribution < 1.29 is 9.59 Å². The molecule has 0 aromatic heterocycles. The fraction of sp³-hybridized carbons (Fsp3) is 0.105. The van der Waals surface area contributed by atoms with Crippen LogP contribution in [0.2, 0.25) is 0 Å². The third kappa shape index (κ3) is 5.03. The lowest BCUT2D eigenvalue weighted by Gasteiger charge is -2.08. The smallest absolute Gasteiger partial charge is 0.267 e. The van der Waals surface area contributed by atoms with E-state index in [0.29, 0.717) is 11.3 Å². The lowest BCUT2D eigenvalue weighted by molar-refractivity contribution is -0.112. The molecule has 0 fully saturated rings. The van der Waals surface area contributed by atoms with E-state index in [0.717, 1.165) is 15.7 Å². The third-order valence-electron chi connectivity index (χ3n) is 3.47. The molecule has 6 heteroatoms. The summed E-state index contributed by atoms with van der Waals surface area (Å²) in [5, 5.41) is 14.8. The molecule has 0 aliphatic rings. The van der Waals surface area contributed by atoms with Crippen molar-refractivity contribution in [3.8, 4) is 6.07 Å². The van der Waals surface area contributed by atoms with Crippen LogP contribution in [0.3, 0.4) is 0 Å². The first-order valence-electron chi connectivity index (χ1n) is 7.46.